The first-order valence-corrected chi connectivity index (χ1v) is 26.2. The number of fused-ring (bicyclic) bond motifs is 13. The van der Waals surface area contributed by atoms with Gasteiger partial charge in [-0.15, -0.1) is 0 Å². The van der Waals surface area contributed by atoms with Gasteiger partial charge in [0.25, 0.3) is 0 Å². The van der Waals surface area contributed by atoms with Gasteiger partial charge in [0.2, 0.25) is 0 Å². The van der Waals surface area contributed by atoms with E-state index in [4.69, 9.17) is 0 Å². The van der Waals surface area contributed by atoms with E-state index < -0.39 is 13.5 Å². The third-order valence-electron chi connectivity index (χ3n) is 15.2. The highest BCUT2D eigenvalue weighted by atomic mass is 28.3. The van der Waals surface area contributed by atoms with E-state index in [2.05, 4.69) is 253 Å². The van der Waals surface area contributed by atoms with Gasteiger partial charge in [0.05, 0.1) is 16.4 Å². The van der Waals surface area contributed by atoms with Crippen molar-refractivity contribution in [2.24, 2.45) is 0 Å². The third kappa shape index (κ3) is 5.06. The second-order valence-corrected chi connectivity index (χ2v) is 23.2. The molecule has 11 aromatic carbocycles. The zero-order valence-electron chi connectivity index (χ0n) is 36.8. The second kappa shape index (κ2) is 13.8. The topological polar surface area (TPSA) is 8.17 Å². The van der Waals surface area contributed by atoms with Gasteiger partial charge in [0, 0.05) is 33.5 Å². The summed E-state index contributed by atoms with van der Waals surface area (Å²) in [6.45, 7) is 5.14. The fourth-order valence-corrected chi connectivity index (χ4v) is 15.5. The van der Waals surface area contributed by atoms with Crippen molar-refractivity contribution < 1.29 is 0 Å². The molecule has 1 unspecified atom stereocenters. The number of para-hydroxylation sites is 1. The summed E-state index contributed by atoms with van der Waals surface area (Å²) in [6.07, 6.45) is 0. The number of aromatic nitrogens is 1. The summed E-state index contributed by atoms with van der Waals surface area (Å²) in [5.41, 5.74) is 14.7. The second-order valence-electron chi connectivity index (χ2n) is 18.9. The van der Waals surface area contributed by atoms with Gasteiger partial charge >= 0.3 is 0 Å². The molecule has 0 saturated carbocycles. The van der Waals surface area contributed by atoms with Crippen LogP contribution in [0.5, 0.6) is 0 Å². The molecule has 1 aliphatic carbocycles. The van der Waals surface area contributed by atoms with Gasteiger partial charge in [0.1, 0.15) is 8.07 Å². The first kappa shape index (κ1) is 37.4. The van der Waals surface area contributed by atoms with Crippen LogP contribution in [-0.4, -0.2) is 12.6 Å². The van der Waals surface area contributed by atoms with Gasteiger partial charge in [-0.3, -0.25) is 0 Å². The molecule has 66 heavy (non-hydrogen) atoms. The molecule has 310 valence electrons. The van der Waals surface area contributed by atoms with Crippen LogP contribution >= 0.6 is 0 Å². The Labute approximate surface area is 385 Å². The summed E-state index contributed by atoms with van der Waals surface area (Å²) in [7, 11) is -2.33. The van der Waals surface area contributed by atoms with Crippen LogP contribution in [0.25, 0.3) is 70.9 Å². The molecule has 0 bridgehead atoms. The molecule has 1 atom stereocenters. The molecule has 2 heterocycles. The Balaban J connectivity index is 1.05. The van der Waals surface area contributed by atoms with Crippen molar-refractivity contribution in [3.05, 3.63) is 253 Å². The SMILES string of the molecule is C[Si]1(C)c2ccccc2C2(c3ccccc3-c3cccc4cccc2c34)c2ccc(N(c3ccc4ccccc4c3)c3ccc4c5ccccc5n(-c5ccc6ccccc6c5)c4c3)cc21. The molecule has 2 aliphatic rings. The van der Waals surface area contributed by atoms with Crippen LogP contribution in [0.3, 0.4) is 0 Å². The van der Waals surface area contributed by atoms with Crippen LogP contribution in [0.2, 0.25) is 13.1 Å². The van der Waals surface area contributed by atoms with Gasteiger partial charge in [-0.25, -0.2) is 0 Å². The molecule has 1 spiro atoms. The molecular formula is C63H44N2Si. The molecule has 1 aromatic heterocycles. The maximum absolute atomic E-state index is 2.58. The summed E-state index contributed by atoms with van der Waals surface area (Å²) in [5, 5.41) is 13.0. The Kier molecular flexibility index (Phi) is 7.80. The van der Waals surface area contributed by atoms with Crippen LogP contribution in [0.4, 0.5) is 17.1 Å². The van der Waals surface area contributed by atoms with Crippen LogP contribution in [0.15, 0.2) is 231 Å². The predicted octanol–water partition coefficient (Wildman–Crippen LogP) is 15.2. The average Bonchev–Trinajstić information content (AvgIpc) is 3.70. The predicted molar refractivity (Wildman–Crippen MR) is 282 cm³/mol. The summed E-state index contributed by atoms with van der Waals surface area (Å²) in [5.74, 6) is 0. The van der Waals surface area contributed by atoms with Gasteiger partial charge < -0.3 is 9.47 Å². The first-order valence-electron chi connectivity index (χ1n) is 23.2. The van der Waals surface area contributed by atoms with Crippen LogP contribution in [0.1, 0.15) is 22.3 Å². The molecule has 2 nitrogen and oxygen atoms in total. The van der Waals surface area contributed by atoms with E-state index >= 15 is 0 Å². The van der Waals surface area contributed by atoms with E-state index in [1.54, 1.807) is 0 Å². The minimum absolute atomic E-state index is 0.495. The summed E-state index contributed by atoms with van der Waals surface area (Å²) in [6, 6.07) is 87.1. The zero-order chi connectivity index (χ0) is 43.7. The van der Waals surface area contributed by atoms with Crippen molar-refractivity contribution in [2.45, 2.75) is 18.5 Å². The molecule has 0 radical (unpaired) electrons. The summed E-state index contributed by atoms with van der Waals surface area (Å²) < 4.78 is 2.46. The minimum Gasteiger partial charge on any atom is -0.310 e. The Hall–Kier alpha value is -7.98. The molecule has 3 heteroatoms. The molecule has 14 rings (SSSR count). The average molecular weight is 857 g/mol. The van der Waals surface area contributed by atoms with E-state index in [0.717, 1.165) is 22.7 Å². The Bertz CT molecular complexity index is 4000. The smallest absolute Gasteiger partial charge is 0.113 e. The lowest BCUT2D eigenvalue weighted by Gasteiger charge is -2.50. The normalized spacial score (nSPS) is 15.6. The van der Waals surface area contributed by atoms with Gasteiger partial charge in [-0.05, 0) is 131 Å². The lowest BCUT2D eigenvalue weighted by molar-refractivity contribution is 0.754. The third-order valence-corrected chi connectivity index (χ3v) is 18.7. The van der Waals surface area contributed by atoms with Crippen molar-refractivity contribution in [3.8, 4) is 16.8 Å². The lowest BCUT2D eigenvalue weighted by atomic mass is 9.59. The summed E-state index contributed by atoms with van der Waals surface area (Å²) >= 11 is 0. The number of hydrogen-bond acceptors (Lipinski definition) is 1. The van der Waals surface area contributed by atoms with Crippen LogP contribution in [0, 0.1) is 0 Å². The minimum atomic E-state index is -2.33. The van der Waals surface area contributed by atoms with Crippen molar-refractivity contribution in [1.82, 2.24) is 4.57 Å². The van der Waals surface area contributed by atoms with E-state index in [9.17, 15) is 0 Å². The molecular weight excluding hydrogens is 813 g/mol. The first-order chi connectivity index (χ1) is 32.5. The van der Waals surface area contributed by atoms with E-state index in [1.165, 1.54) is 97.9 Å². The molecule has 0 saturated heterocycles. The quantitative estimate of drug-likeness (QED) is 0.160. The number of rotatable bonds is 4. The van der Waals surface area contributed by atoms with E-state index in [0.29, 0.717) is 0 Å². The maximum atomic E-state index is 2.58. The van der Waals surface area contributed by atoms with E-state index in [1.807, 2.05) is 0 Å². The van der Waals surface area contributed by atoms with Crippen molar-refractivity contribution in [1.29, 1.82) is 0 Å². The number of benzene rings is 11. The van der Waals surface area contributed by atoms with Crippen LogP contribution in [-0.2, 0) is 5.41 Å². The summed E-state index contributed by atoms with van der Waals surface area (Å²) in [4.78, 5) is 2.51. The number of hydrogen-bond donors (Lipinski definition) is 0. The van der Waals surface area contributed by atoms with Gasteiger partial charge in [-0.1, -0.05) is 189 Å². The lowest BCUT2D eigenvalue weighted by Crippen LogP contribution is -2.63. The van der Waals surface area contributed by atoms with Crippen molar-refractivity contribution >= 4 is 89.6 Å². The zero-order valence-corrected chi connectivity index (χ0v) is 37.8. The van der Waals surface area contributed by atoms with Gasteiger partial charge in [-0.2, -0.15) is 0 Å². The highest BCUT2D eigenvalue weighted by Crippen LogP contribution is 2.56. The Morgan fingerprint density at radius 3 is 1.77 bits per heavy atom. The fourth-order valence-electron chi connectivity index (χ4n) is 12.3. The fraction of sp³-hybridized carbons (Fsp3) is 0.0476. The molecule has 0 fully saturated rings. The molecule has 1 aliphatic heterocycles. The van der Waals surface area contributed by atoms with Crippen LogP contribution < -0.4 is 15.3 Å². The largest absolute Gasteiger partial charge is 0.310 e. The number of nitrogens with zero attached hydrogens (tertiary/aromatic N) is 2. The van der Waals surface area contributed by atoms with Gasteiger partial charge in [0.15, 0.2) is 0 Å². The highest BCUT2D eigenvalue weighted by Gasteiger charge is 2.52. The van der Waals surface area contributed by atoms with Crippen molar-refractivity contribution in [3.63, 3.8) is 0 Å². The molecule has 0 N–H and O–H groups in total. The number of anilines is 3. The maximum Gasteiger partial charge on any atom is 0.113 e. The molecule has 0 amide bonds. The highest BCUT2D eigenvalue weighted by molar-refractivity contribution is 7.01. The Morgan fingerprint density at radius 1 is 0.364 bits per heavy atom. The van der Waals surface area contributed by atoms with Crippen molar-refractivity contribution in [2.75, 3.05) is 4.90 Å². The standard InChI is InChI=1S/C63H44N2Si/c1-66(2)60-28-12-10-25-55(60)63(54-24-9-7-21-50(54)53-23-13-19-43-20-14-26-57(63)62(43)53)56-36-34-49(40-61(56)66)64(46-31-29-41-15-3-5-17-44(41)37-46)48-33-35-52-51-22-8-11-27-58(51)65(59(52)39-48)47-32-30-42-16-4-6-18-45(42)38-47/h3-40H,1-2H3. The van der Waals surface area contributed by atoms with E-state index in [-0.39, 0.29) is 0 Å². The molecule has 12 aromatic rings. The monoisotopic (exact) mass is 856 g/mol. The Morgan fingerprint density at radius 2 is 0.924 bits per heavy atom.